The lowest BCUT2D eigenvalue weighted by Crippen LogP contribution is -2.34. The first-order valence-corrected chi connectivity index (χ1v) is 4.92. The fourth-order valence-electron chi connectivity index (χ4n) is 1.20. The van der Waals surface area contributed by atoms with Crippen molar-refractivity contribution in [1.29, 1.82) is 10.5 Å². The summed E-state index contributed by atoms with van der Waals surface area (Å²) in [6.07, 6.45) is -5.78. The van der Waals surface area contributed by atoms with Gasteiger partial charge in [-0.1, -0.05) is 18.2 Å². The number of anilines is 1. The molecule has 9 heteroatoms. The Morgan fingerprint density at radius 3 is 2.10 bits per heavy atom. The maximum absolute atomic E-state index is 13.3. The van der Waals surface area contributed by atoms with Gasteiger partial charge < -0.3 is 0 Å². The molecule has 20 heavy (non-hydrogen) atoms. The number of nitrogens with one attached hydrogen (secondary N) is 1. The molecule has 0 saturated carbocycles. The van der Waals surface area contributed by atoms with E-state index < -0.39 is 29.1 Å². The average molecular weight is 288 g/mol. The lowest BCUT2D eigenvalue weighted by atomic mass is 10.1. The van der Waals surface area contributed by atoms with Crippen molar-refractivity contribution < 1.29 is 22.0 Å². The summed E-state index contributed by atoms with van der Waals surface area (Å²) >= 11 is 0. The molecule has 1 rings (SSSR count). The van der Waals surface area contributed by atoms with E-state index in [0.29, 0.717) is 6.07 Å². The molecule has 1 aromatic rings. The van der Waals surface area contributed by atoms with Gasteiger partial charge in [0, 0.05) is 0 Å². The highest BCUT2D eigenvalue weighted by Crippen LogP contribution is 2.46. The average Bonchev–Trinajstić information content (AvgIpc) is 2.39. The molecule has 0 saturated heterocycles. The van der Waals surface area contributed by atoms with Crippen molar-refractivity contribution in [3.05, 3.63) is 29.8 Å². The molecular weight excluding hydrogens is 283 g/mol. The molecule has 1 aromatic carbocycles. The molecule has 1 N–H and O–H groups in total. The maximum atomic E-state index is 13.3. The Morgan fingerprint density at radius 2 is 1.60 bits per heavy atom. The Hall–Kier alpha value is -2.68. The number of hydrazone groups is 1. The summed E-state index contributed by atoms with van der Waals surface area (Å²) in [6.45, 7) is 0. The molecule has 0 unspecified atom stereocenters. The Kier molecular flexibility index (Phi) is 4.25. The Morgan fingerprint density at radius 1 is 1.05 bits per heavy atom. The summed E-state index contributed by atoms with van der Waals surface area (Å²) in [6, 6.07) is 6.35. The number of halogens is 5. The fraction of sp³-hybridized carbons (Fsp3) is 0.182. The summed E-state index contributed by atoms with van der Waals surface area (Å²) < 4.78 is 63.5. The van der Waals surface area contributed by atoms with Crippen LogP contribution >= 0.6 is 0 Å². The minimum atomic E-state index is -5.78. The van der Waals surface area contributed by atoms with Gasteiger partial charge in [0.05, 0.1) is 11.3 Å². The normalized spacial score (nSPS) is 11.2. The third-order valence-corrected chi connectivity index (χ3v) is 2.12. The Bertz CT molecular complexity index is 590. The molecule has 0 atom stereocenters. The first-order chi connectivity index (χ1) is 9.24. The van der Waals surface area contributed by atoms with E-state index >= 15 is 0 Å². The van der Waals surface area contributed by atoms with Crippen molar-refractivity contribution in [2.75, 3.05) is 5.43 Å². The van der Waals surface area contributed by atoms with Gasteiger partial charge in [0.2, 0.25) is 5.71 Å². The van der Waals surface area contributed by atoms with Crippen molar-refractivity contribution in [3.8, 4) is 12.1 Å². The zero-order valence-corrected chi connectivity index (χ0v) is 9.54. The molecule has 0 bridgehead atoms. The van der Waals surface area contributed by atoms with Crippen LogP contribution in [0.15, 0.2) is 29.4 Å². The minimum Gasteiger partial charge on any atom is -0.276 e. The van der Waals surface area contributed by atoms with Crippen LogP contribution in [0.1, 0.15) is 5.56 Å². The smallest absolute Gasteiger partial charge is 0.276 e. The van der Waals surface area contributed by atoms with Crippen LogP contribution in [0.25, 0.3) is 0 Å². The Labute approximate surface area is 109 Å². The molecule has 4 nitrogen and oxygen atoms in total. The summed E-state index contributed by atoms with van der Waals surface area (Å²) in [5.41, 5.74) is -0.866. The summed E-state index contributed by atoms with van der Waals surface area (Å²) in [5, 5.41) is 19.9. The molecule has 0 spiro atoms. The molecular formula is C11H5F5N4. The van der Waals surface area contributed by atoms with Gasteiger partial charge in [-0.25, -0.2) is 0 Å². The highest BCUT2D eigenvalue weighted by molar-refractivity contribution is 6.10. The van der Waals surface area contributed by atoms with Crippen LogP contribution in [0.4, 0.5) is 27.6 Å². The SMILES string of the molecule is N#CC(C#N)=NNc1ccccc1C(F)(F)C(F)(F)F. The van der Waals surface area contributed by atoms with Crippen molar-refractivity contribution in [2.24, 2.45) is 5.10 Å². The number of nitrogens with zero attached hydrogens (tertiary/aromatic N) is 3. The predicted molar refractivity (Wildman–Crippen MR) is 58.7 cm³/mol. The second kappa shape index (κ2) is 5.53. The fourth-order valence-corrected chi connectivity index (χ4v) is 1.20. The van der Waals surface area contributed by atoms with E-state index in [2.05, 4.69) is 5.10 Å². The van der Waals surface area contributed by atoms with Crippen LogP contribution in [0.2, 0.25) is 0 Å². The van der Waals surface area contributed by atoms with E-state index in [0.717, 1.165) is 12.1 Å². The lowest BCUT2D eigenvalue weighted by Gasteiger charge is -2.21. The van der Waals surface area contributed by atoms with E-state index in [1.54, 1.807) is 0 Å². The summed E-state index contributed by atoms with van der Waals surface area (Å²) in [7, 11) is 0. The number of alkyl halides is 5. The van der Waals surface area contributed by atoms with Gasteiger partial charge >= 0.3 is 12.1 Å². The first-order valence-electron chi connectivity index (χ1n) is 4.92. The highest BCUT2D eigenvalue weighted by atomic mass is 19.4. The van der Waals surface area contributed by atoms with Crippen LogP contribution in [0, 0.1) is 22.7 Å². The quantitative estimate of drug-likeness (QED) is 0.527. The number of hydrogen-bond acceptors (Lipinski definition) is 4. The van der Waals surface area contributed by atoms with Gasteiger partial charge in [-0.15, -0.1) is 0 Å². The number of rotatable bonds is 3. The second-order valence-electron chi connectivity index (χ2n) is 3.41. The Balaban J connectivity index is 3.24. The third kappa shape index (κ3) is 3.01. The standard InChI is InChI=1S/C11H5F5N4/c12-10(13,11(14,15)16)8-3-1-2-4-9(8)20-19-7(5-17)6-18/h1-4,20H. The maximum Gasteiger partial charge on any atom is 0.458 e. The first kappa shape index (κ1) is 15.4. The topological polar surface area (TPSA) is 72.0 Å². The summed E-state index contributed by atoms with van der Waals surface area (Å²) in [4.78, 5) is 0. The molecule has 0 fully saturated rings. The van der Waals surface area contributed by atoms with Gasteiger partial charge in [-0.05, 0) is 6.07 Å². The number of hydrogen-bond donors (Lipinski definition) is 1. The van der Waals surface area contributed by atoms with Crippen molar-refractivity contribution in [1.82, 2.24) is 0 Å². The van der Waals surface area contributed by atoms with Crippen LogP contribution in [-0.4, -0.2) is 11.9 Å². The van der Waals surface area contributed by atoms with Crippen LogP contribution in [0.3, 0.4) is 0 Å². The van der Waals surface area contributed by atoms with Crippen LogP contribution in [-0.2, 0) is 5.92 Å². The van der Waals surface area contributed by atoms with Gasteiger partial charge in [-0.3, -0.25) is 5.43 Å². The van der Waals surface area contributed by atoms with Crippen LogP contribution < -0.4 is 5.43 Å². The molecule has 0 aliphatic heterocycles. The van der Waals surface area contributed by atoms with E-state index in [1.807, 2.05) is 5.43 Å². The van der Waals surface area contributed by atoms with Crippen LogP contribution in [0.5, 0.6) is 0 Å². The van der Waals surface area contributed by atoms with Gasteiger partial charge in [0.25, 0.3) is 0 Å². The van der Waals surface area contributed by atoms with Gasteiger partial charge in [-0.2, -0.15) is 37.6 Å². The van der Waals surface area contributed by atoms with Crippen molar-refractivity contribution >= 4 is 11.4 Å². The van der Waals surface area contributed by atoms with Crippen molar-refractivity contribution in [3.63, 3.8) is 0 Å². The monoisotopic (exact) mass is 288 g/mol. The highest BCUT2D eigenvalue weighted by Gasteiger charge is 2.59. The van der Waals surface area contributed by atoms with Gasteiger partial charge in [0.1, 0.15) is 12.1 Å². The van der Waals surface area contributed by atoms with E-state index in [-0.39, 0.29) is 0 Å². The van der Waals surface area contributed by atoms with Gasteiger partial charge in [0.15, 0.2) is 0 Å². The summed E-state index contributed by atoms with van der Waals surface area (Å²) in [5.74, 6) is -5.09. The molecule has 0 heterocycles. The van der Waals surface area contributed by atoms with Crippen molar-refractivity contribution in [2.45, 2.75) is 12.1 Å². The van der Waals surface area contributed by atoms with E-state index in [9.17, 15) is 22.0 Å². The zero-order chi connectivity index (χ0) is 15.4. The molecule has 0 aliphatic carbocycles. The van der Waals surface area contributed by atoms with E-state index in [1.165, 1.54) is 18.2 Å². The molecule has 0 aliphatic rings. The largest absolute Gasteiger partial charge is 0.458 e. The molecule has 0 radical (unpaired) electrons. The third-order valence-electron chi connectivity index (χ3n) is 2.12. The van der Waals surface area contributed by atoms with E-state index in [4.69, 9.17) is 10.5 Å². The molecule has 0 amide bonds. The minimum absolute atomic E-state index is 0.573. The number of para-hydroxylation sites is 1. The zero-order valence-electron chi connectivity index (χ0n) is 9.54. The number of benzene rings is 1. The second-order valence-corrected chi connectivity index (χ2v) is 3.41. The molecule has 104 valence electrons. The number of nitriles is 2. The predicted octanol–water partition coefficient (Wildman–Crippen LogP) is 3.16. The molecule has 0 aromatic heterocycles. The lowest BCUT2D eigenvalue weighted by molar-refractivity contribution is -0.289.